The zero-order valence-electron chi connectivity index (χ0n) is 14.1. The average Bonchev–Trinajstić information content (AvgIpc) is 3.16. The van der Waals surface area contributed by atoms with E-state index in [4.69, 9.17) is 4.74 Å². The van der Waals surface area contributed by atoms with Gasteiger partial charge in [0.25, 0.3) is 0 Å². The van der Waals surface area contributed by atoms with Crippen LogP contribution in [0.1, 0.15) is 10.6 Å². The molecule has 4 heterocycles. The Morgan fingerprint density at radius 3 is 2.62 bits per heavy atom. The van der Waals surface area contributed by atoms with Crippen LogP contribution < -0.4 is 15.4 Å². The van der Waals surface area contributed by atoms with Gasteiger partial charge in [-0.05, 0) is 17.5 Å². The normalized spacial score (nSPS) is 14.7. The van der Waals surface area contributed by atoms with Crippen molar-refractivity contribution in [3.05, 3.63) is 46.0 Å². The van der Waals surface area contributed by atoms with E-state index in [2.05, 4.69) is 24.8 Å². The van der Waals surface area contributed by atoms with Crippen LogP contribution in [0, 0.1) is 0 Å². The highest BCUT2D eigenvalue weighted by Gasteiger charge is 2.23. The van der Waals surface area contributed by atoms with Gasteiger partial charge in [0.05, 0.1) is 23.0 Å². The van der Waals surface area contributed by atoms with Crippen LogP contribution in [0.4, 0.5) is 11.5 Å². The van der Waals surface area contributed by atoms with Crippen LogP contribution in [0.15, 0.2) is 34.6 Å². The van der Waals surface area contributed by atoms with Crippen LogP contribution in [-0.4, -0.2) is 54.2 Å². The van der Waals surface area contributed by atoms with E-state index < -0.39 is 5.97 Å². The number of rotatable bonds is 3. The number of H-pyrrole nitrogens is 1. The molecular formula is C17H17N5O3S. The lowest BCUT2D eigenvalue weighted by molar-refractivity contribution is 0.0587. The number of hydrogen-bond donors (Lipinski definition) is 1. The van der Waals surface area contributed by atoms with Crippen LogP contribution in [0.2, 0.25) is 0 Å². The third-order valence-electron chi connectivity index (χ3n) is 4.37. The minimum absolute atomic E-state index is 0.0801. The predicted molar refractivity (Wildman–Crippen MR) is 100 cm³/mol. The van der Waals surface area contributed by atoms with E-state index in [1.807, 2.05) is 17.5 Å². The van der Waals surface area contributed by atoms with Crippen molar-refractivity contribution in [2.45, 2.75) is 0 Å². The molecule has 1 aliphatic rings. The Bertz CT molecular complexity index is 987. The molecule has 1 saturated heterocycles. The van der Waals surface area contributed by atoms with Gasteiger partial charge >= 0.3 is 5.97 Å². The SMILES string of the molecule is COC(=O)c1nc(N2CCN(c3ccc(=O)[nH]c3)CC2)c2sccc2n1. The molecule has 0 aliphatic carbocycles. The van der Waals surface area contributed by atoms with Crippen LogP contribution in [-0.2, 0) is 4.74 Å². The van der Waals surface area contributed by atoms with Crippen LogP contribution in [0.5, 0.6) is 0 Å². The molecule has 0 radical (unpaired) electrons. The van der Waals surface area contributed by atoms with Crippen molar-refractivity contribution < 1.29 is 9.53 Å². The summed E-state index contributed by atoms with van der Waals surface area (Å²) in [7, 11) is 1.33. The van der Waals surface area contributed by atoms with E-state index in [9.17, 15) is 9.59 Å². The van der Waals surface area contributed by atoms with Crippen LogP contribution in [0.25, 0.3) is 10.2 Å². The van der Waals surface area contributed by atoms with Gasteiger partial charge in [-0.1, -0.05) is 0 Å². The lowest BCUT2D eigenvalue weighted by Crippen LogP contribution is -2.47. The summed E-state index contributed by atoms with van der Waals surface area (Å²) in [6, 6.07) is 5.24. The molecule has 3 aromatic heterocycles. The molecule has 0 amide bonds. The Balaban J connectivity index is 1.59. The van der Waals surface area contributed by atoms with Gasteiger partial charge in [0, 0.05) is 38.4 Å². The fourth-order valence-electron chi connectivity index (χ4n) is 3.02. The summed E-state index contributed by atoms with van der Waals surface area (Å²) in [6.07, 6.45) is 1.73. The molecule has 0 spiro atoms. The Labute approximate surface area is 153 Å². The number of carbonyl (C=O) groups excluding carboxylic acids is 1. The van der Waals surface area contributed by atoms with Crippen molar-refractivity contribution in [1.29, 1.82) is 0 Å². The quantitative estimate of drug-likeness (QED) is 0.698. The second-order valence-corrected chi connectivity index (χ2v) is 6.80. The molecule has 0 saturated carbocycles. The standard InChI is InChI=1S/C17H17N5O3S/c1-25-17(24)15-19-12-4-9-26-14(12)16(20-15)22-7-5-21(6-8-22)11-2-3-13(23)18-10-11/h2-4,9-10H,5-8H2,1H3,(H,18,23). The largest absolute Gasteiger partial charge is 0.463 e. The summed E-state index contributed by atoms with van der Waals surface area (Å²) < 4.78 is 5.74. The van der Waals surface area contributed by atoms with E-state index in [1.165, 1.54) is 13.2 Å². The number of pyridine rings is 1. The van der Waals surface area contributed by atoms with E-state index in [-0.39, 0.29) is 11.4 Å². The summed E-state index contributed by atoms with van der Waals surface area (Å²) in [5.41, 5.74) is 1.63. The molecule has 0 aromatic carbocycles. The number of piperazine rings is 1. The summed E-state index contributed by atoms with van der Waals surface area (Å²) in [4.78, 5) is 38.9. The number of methoxy groups -OCH3 is 1. The van der Waals surface area contributed by atoms with Gasteiger partial charge < -0.3 is 19.5 Å². The maximum atomic E-state index is 11.9. The molecule has 134 valence electrons. The van der Waals surface area contributed by atoms with Crippen molar-refractivity contribution in [1.82, 2.24) is 15.0 Å². The minimum Gasteiger partial charge on any atom is -0.463 e. The van der Waals surface area contributed by atoms with Crippen molar-refractivity contribution >= 4 is 39.0 Å². The molecule has 4 rings (SSSR count). The maximum absolute atomic E-state index is 11.9. The Morgan fingerprint density at radius 2 is 1.92 bits per heavy atom. The van der Waals surface area contributed by atoms with Gasteiger partial charge in [-0.25, -0.2) is 14.8 Å². The number of aromatic nitrogens is 3. The number of hydrogen-bond acceptors (Lipinski definition) is 8. The molecule has 0 bridgehead atoms. The fourth-order valence-corrected chi connectivity index (χ4v) is 3.87. The van der Waals surface area contributed by atoms with Gasteiger partial charge in [-0.3, -0.25) is 4.79 Å². The third kappa shape index (κ3) is 3.01. The number of fused-ring (bicyclic) bond motifs is 1. The molecule has 0 atom stereocenters. The van der Waals surface area contributed by atoms with Gasteiger partial charge in [-0.15, -0.1) is 11.3 Å². The van der Waals surface area contributed by atoms with E-state index >= 15 is 0 Å². The summed E-state index contributed by atoms with van der Waals surface area (Å²) in [5.74, 6) is 0.314. The summed E-state index contributed by atoms with van der Waals surface area (Å²) in [6.45, 7) is 3.08. The van der Waals surface area contributed by atoms with Crippen molar-refractivity contribution in [3.8, 4) is 0 Å². The first-order chi connectivity index (χ1) is 12.7. The molecule has 1 aliphatic heterocycles. The van der Waals surface area contributed by atoms with Crippen LogP contribution >= 0.6 is 11.3 Å². The number of thiophene rings is 1. The Kier molecular flexibility index (Phi) is 4.29. The predicted octanol–water partition coefficient (Wildman–Crippen LogP) is 1.49. The highest BCUT2D eigenvalue weighted by atomic mass is 32.1. The van der Waals surface area contributed by atoms with E-state index in [0.717, 1.165) is 47.9 Å². The first-order valence-electron chi connectivity index (χ1n) is 8.18. The lowest BCUT2D eigenvalue weighted by atomic mass is 10.2. The first kappa shape index (κ1) is 16.5. The lowest BCUT2D eigenvalue weighted by Gasteiger charge is -2.36. The van der Waals surface area contributed by atoms with Crippen LogP contribution in [0.3, 0.4) is 0 Å². The Hall–Kier alpha value is -2.94. The molecule has 0 unspecified atom stereocenters. The number of carbonyl (C=O) groups is 1. The van der Waals surface area contributed by atoms with E-state index in [0.29, 0.717) is 0 Å². The van der Waals surface area contributed by atoms with Gasteiger partial charge in [-0.2, -0.15) is 0 Å². The number of anilines is 2. The number of nitrogens with one attached hydrogen (secondary N) is 1. The molecule has 26 heavy (non-hydrogen) atoms. The topological polar surface area (TPSA) is 91.4 Å². The second-order valence-electron chi connectivity index (χ2n) is 5.88. The number of nitrogens with zero attached hydrogens (tertiary/aromatic N) is 4. The van der Waals surface area contributed by atoms with Gasteiger partial charge in [0.15, 0.2) is 5.82 Å². The highest BCUT2D eigenvalue weighted by molar-refractivity contribution is 7.17. The minimum atomic E-state index is -0.536. The molecule has 9 heteroatoms. The van der Waals surface area contributed by atoms with E-state index in [1.54, 1.807) is 17.5 Å². The molecule has 1 fully saturated rings. The molecular weight excluding hydrogens is 354 g/mol. The number of ether oxygens (including phenoxy) is 1. The fraction of sp³-hybridized carbons (Fsp3) is 0.294. The monoisotopic (exact) mass is 371 g/mol. The zero-order chi connectivity index (χ0) is 18.1. The average molecular weight is 371 g/mol. The molecule has 8 nitrogen and oxygen atoms in total. The third-order valence-corrected chi connectivity index (χ3v) is 5.27. The summed E-state index contributed by atoms with van der Waals surface area (Å²) >= 11 is 1.56. The maximum Gasteiger partial charge on any atom is 0.376 e. The smallest absolute Gasteiger partial charge is 0.376 e. The number of aromatic amines is 1. The van der Waals surface area contributed by atoms with Gasteiger partial charge in [0.1, 0.15) is 0 Å². The Morgan fingerprint density at radius 1 is 1.15 bits per heavy atom. The van der Waals surface area contributed by atoms with Gasteiger partial charge in [0.2, 0.25) is 11.4 Å². The first-order valence-corrected chi connectivity index (χ1v) is 9.06. The number of esters is 1. The van der Waals surface area contributed by atoms with Crippen molar-refractivity contribution in [2.24, 2.45) is 0 Å². The van der Waals surface area contributed by atoms with Crippen molar-refractivity contribution in [3.63, 3.8) is 0 Å². The highest BCUT2D eigenvalue weighted by Crippen LogP contribution is 2.30. The van der Waals surface area contributed by atoms with Crippen molar-refractivity contribution in [2.75, 3.05) is 43.1 Å². The second kappa shape index (κ2) is 6.75. The summed E-state index contributed by atoms with van der Waals surface area (Å²) in [5, 5.41) is 1.94. The molecule has 1 N–H and O–H groups in total. The molecule has 3 aromatic rings. The zero-order valence-corrected chi connectivity index (χ0v) is 15.0.